The van der Waals surface area contributed by atoms with Crippen LogP contribution in [0, 0.1) is 0 Å². The minimum atomic E-state index is -2.61. The number of anilines is 1. The van der Waals surface area contributed by atoms with Crippen molar-refractivity contribution >= 4 is 30.2 Å². The maximum atomic E-state index is 13.4. The van der Waals surface area contributed by atoms with Crippen LogP contribution in [0.2, 0.25) is 14.8 Å². The van der Waals surface area contributed by atoms with Crippen LogP contribution in [0.25, 0.3) is 22.5 Å². The topological polar surface area (TPSA) is 103 Å². The number of rotatable bonds is 13. The number of hydrogen-bond acceptors (Lipinski definition) is 8. The Morgan fingerprint density at radius 3 is 2.30 bits per heavy atom. The molecule has 0 N–H and O–H groups in total. The number of ether oxygens (including phenoxy) is 2. The van der Waals surface area contributed by atoms with E-state index >= 15 is 0 Å². The van der Waals surface area contributed by atoms with Gasteiger partial charge in [-0.25, -0.2) is 0 Å². The standard InChI is InChI=1S/C35H39N8O3.3CH3.Sn/c1-4-5-12-30-29(23-25-15-17-26(18-16-25)27-10-6-7-11-28(27)34-36-39-40-37-34)35(41(2)38-30)46-24-33(44)43-21-19-42(20-22-43)31-13-8-9-14-32(31)45-3;;;;/h6-11,13-18H,4-5,12,19-24H2,1-3H3;3*1H3;/q-1;;;;+1. The van der Waals surface area contributed by atoms with Gasteiger partial charge in [0.2, 0.25) is 0 Å². The molecular formula is C38H48N8O3Sn. The summed E-state index contributed by atoms with van der Waals surface area (Å²) >= 11 is -2.61. The van der Waals surface area contributed by atoms with Gasteiger partial charge in [0, 0.05) is 33.2 Å². The summed E-state index contributed by atoms with van der Waals surface area (Å²) in [6, 6.07) is 25.0. The zero-order valence-electron chi connectivity index (χ0n) is 30.1. The molecule has 0 radical (unpaired) electrons. The number of carbonyl (C=O) groups is 1. The van der Waals surface area contributed by atoms with Crippen molar-refractivity contribution in [3.63, 3.8) is 0 Å². The fraction of sp³-hybridized carbons (Fsp3) is 0.395. The number of hydrogen-bond donors (Lipinski definition) is 0. The van der Waals surface area contributed by atoms with E-state index in [0.29, 0.717) is 25.4 Å². The van der Waals surface area contributed by atoms with Gasteiger partial charge in [0.25, 0.3) is 5.91 Å². The first kappa shape index (κ1) is 35.4. The summed E-state index contributed by atoms with van der Waals surface area (Å²) in [4.78, 5) is 24.4. The number of nitrogens with zero attached hydrogens (tertiary/aromatic N) is 8. The molecule has 1 saturated heterocycles. The summed E-state index contributed by atoms with van der Waals surface area (Å²) in [5.74, 6) is 2.32. The Bertz CT molecular complexity index is 1910. The van der Waals surface area contributed by atoms with Crippen molar-refractivity contribution in [3.05, 3.63) is 89.6 Å². The van der Waals surface area contributed by atoms with Gasteiger partial charge in [-0.1, -0.05) is 25.5 Å². The molecule has 262 valence electrons. The number of unbranched alkanes of at least 4 members (excludes halogenated alkanes) is 1. The molecule has 1 aliphatic rings. The second-order valence-electron chi connectivity index (χ2n) is 13.8. The molecule has 1 fully saturated rings. The van der Waals surface area contributed by atoms with Gasteiger partial charge < -0.3 is 14.5 Å². The summed E-state index contributed by atoms with van der Waals surface area (Å²) in [6.45, 7) is 4.89. The molecule has 0 spiro atoms. The van der Waals surface area contributed by atoms with E-state index in [2.05, 4.69) is 93.6 Å². The van der Waals surface area contributed by atoms with Gasteiger partial charge in [-0.05, 0) is 18.6 Å². The Morgan fingerprint density at radius 2 is 1.60 bits per heavy atom. The zero-order valence-corrected chi connectivity index (χ0v) is 32.9. The molecule has 2 aromatic heterocycles. The fourth-order valence-electron chi connectivity index (χ4n) is 6.56. The van der Waals surface area contributed by atoms with Gasteiger partial charge >= 0.3 is 173 Å². The molecule has 0 bridgehead atoms. The van der Waals surface area contributed by atoms with Crippen LogP contribution in [0.15, 0.2) is 72.8 Å². The van der Waals surface area contributed by atoms with Crippen LogP contribution in [0.4, 0.5) is 5.69 Å². The van der Waals surface area contributed by atoms with E-state index in [1.54, 1.807) is 11.8 Å². The number of piperazine rings is 1. The molecule has 1 aliphatic heterocycles. The van der Waals surface area contributed by atoms with E-state index in [4.69, 9.17) is 14.6 Å². The van der Waals surface area contributed by atoms with Gasteiger partial charge in [0.1, 0.15) is 5.75 Å². The second-order valence-corrected chi connectivity index (χ2v) is 27.4. The molecule has 50 heavy (non-hydrogen) atoms. The first-order valence-electron chi connectivity index (χ1n) is 17.5. The van der Waals surface area contributed by atoms with E-state index in [-0.39, 0.29) is 12.5 Å². The second kappa shape index (κ2) is 15.7. The summed E-state index contributed by atoms with van der Waals surface area (Å²) in [5.41, 5.74) is 7.51. The van der Waals surface area contributed by atoms with Crippen LogP contribution in [-0.2, 0) is 24.7 Å². The third-order valence-electron chi connectivity index (χ3n) is 9.25. The van der Waals surface area contributed by atoms with Crippen molar-refractivity contribution in [2.45, 2.75) is 47.4 Å². The molecule has 3 aromatic carbocycles. The van der Waals surface area contributed by atoms with Crippen LogP contribution in [0.1, 0.15) is 36.6 Å². The van der Waals surface area contributed by atoms with Crippen LogP contribution >= 0.6 is 0 Å². The summed E-state index contributed by atoms with van der Waals surface area (Å²) in [5, 5.41) is 17.7. The van der Waals surface area contributed by atoms with E-state index < -0.39 is 18.7 Å². The van der Waals surface area contributed by atoms with E-state index in [1.165, 1.54) is 0 Å². The molecule has 1 amide bonds. The number of amides is 1. The summed E-state index contributed by atoms with van der Waals surface area (Å²) < 4.78 is 15.7. The predicted molar refractivity (Wildman–Crippen MR) is 199 cm³/mol. The quantitative estimate of drug-likeness (QED) is 0.132. The number of benzene rings is 3. The van der Waals surface area contributed by atoms with Crippen molar-refractivity contribution in [2.75, 3.05) is 44.8 Å². The van der Waals surface area contributed by atoms with Gasteiger partial charge in [0.05, 0.1) is 12.8 Å². The molecule has 0 aliphatic carbocycles. The number of para-hydroxylation sites is 2. The van der Waals surface area contributed by atoms with Crippen molar-refractivity contribution in [1.29, 1.82) is 0 Å². The average molecular weight is 784 g/mol. The molecule has 6 rings (SSSR count). The summed E-state index contributed by atoms with van der Waals surface area (Å²) in [7, 11) is 3.59. The molecule has 0 atom stereocenters. The van der Waals surface area contributed by atoms with Crippen LogP contribution in [-0.4, -0.2) is 97.6 Å². The Hall–Kier alpha value is -4.39. The molecule has 11 nitrogen and oxygen atoms in total. The molecule has 0 saturated carbocycles. The maximum absolute atomic E-state index is 13.4. The molecule has 3 heterocycles. The van der Waals surface area contributed by atoms with Crippen LogP contribution < -0.4 is 14.4 Å². The Balaban J connectivity index is 1.16. The van der Waals surface area contributed by atoms with E-state index in [0.717, 1.165) is 83.1 Å². The fourth-order valence-corrected chi connectivity index (χ4v) is 9.73. The normalized spacial score (nSPS) is 13.5. The minimum absolute atomic E-state index is 0.0171. The Labute approximate surface area is 299 Å². The SMILES string of the molecule is CCCCc1nn(C)c(OCC(=O)N2CCN(c3ccccc3OC)CC2)c1Cc1ccc(-c2ccccc2-c2nnn[n]2[Sn]([CH3])([CH3])[CH3])cc1. The predicted octanol–water partition coefficient (Wildman–Crippen LogP) is 6.09. The van der Waals surface area contributed by atoms with Gasteiger partial charge in [-0.2, -0.15) is 0 Å². The average Bonchev–Trinajstić information content (AvgIpc) is 3.75. The zero-order chi connectivity index (χ0) is 35.3. The van der Waals surface area contributed by atoms with Gasteiger partial charge in [-0.3, -0.25) is 4.79 Å². The molecule has 0 unspecified atom stereocenters. The first-order valence-corrected chi connectivity index (χ1v) is 27.3. The van der Waals surface area contributed by atoms with Crippen molar-refractivity contribution < 1.29 is 14.3 Å². The number of aromatic nitrogens is 6. The third-order valence-corrected chi connectivity index (χ3v) is 13.7. The number of carbonyl (C=O) groups excluding carboxylic acids is 1. The van der Waals surface area contributed by atoms with Crippen molar-refractivity contribution in [1.82, 2.24) is 33.1 Å². The van der Waals surface area contributed by atoms with Crippen molar-refractivity contribution in [2.24, 2.45) is 7.05 Å². The third kappa shape index (κ3) is 7.82. The first-order chi connectivity index (χ1) is 24.2. The summed E-state index contributed by atoms with van der Waals surface area (Å²) in [6.07, 6.45) is 3.63. The Kier molecular flexibility index (Phi) is 11.1. The van der Waals surface area contributed by atoms with Crippen molar-refractivity contribution in [3.8, 4) is 34.1 Å². The van der Waals surface area contributed by atoms with Gasteiger partial charge in [0.15, 0.2) is 6.61 Å². The number of aryl methyl sites for hydroxylation is 2. The number of tetrazole rings is 1. The molecule has 5 aromatic rings. The van der Waals surface area contributed by atoms with Gasteiger partial charge in [-0.15, -0.1) is 0 Å². The monoisotopic (exact) mass is 784 g/mol. The molecule has 12 heteroatoms. The number of methoxy groups -OCH3 is 1. The van der Waals surface area contributed by atoms with E-state index in [1.807, 2.05) is 36.2 Å². The Morgan fingerprint density at radius 1 is 0.900 bits per heavy atom. The van der Waals surface area contributed by atoms with E-state index in [9.17, 15) is 4.79 Å². The molecular weight excluding hydrogens is 735 g/mol. The van der Waals surface area contributed by atoms with Crippen LogP contribution in [0.5, 0.6) is 11.6 Å². The van der Waals surface area contributed by atoms with Crippen LogP contribution in [0.3, 0.4) is 0 Å².